The van der Waals surface area contributed by atoms with Gasteiger partial charge in [0.25, 0.3) is 0 Å². The topological polar surface area (TPSA) is 12.0 Å². The Kier molecular flexibility index (Phi) is 5.09. The Morgan fingerprint density at radius 3 is 2.88 bits per heavy atom. The van der Waals surface area contributed by atoms with Gasteiger partial charge < -0.3 is 5.32 Å². The summed E-state index contributed by atoms with van der Waals surface area (Å²) < 4.78 is 0. The minimum atomic E-state index is 0.685. The Hall–Kier alpha value is -0.300. The molecule has 0 radical (unpaired) electrons. The Bertz CT molecular complexity index is 256. The van der Waals surface area contributed by atoms with Gasteiger partial charge in [-0.2, -0.15) is 0 Å². The molecule has 0 aliphatic heterocycles. The van der Waals surface area contributed by atoms with E-state index in [1.165, 1.54) is 57.8 Å². The zero-order valence-corrected chi connectivity index (χ0v) is 11.7. The molecule has 3 unspecified atom stereocenters. The Balaban J connectivity index is 1.98. The van der Waals surface area contributed by atoms with Crippen LogP contribution in [0.1, 0.15) is 64.7 Å². The monoisotopic (exact) mass is 235 g/mol. The number of rotatable bonds is 4. The van der Waals surface area contributed by atoms with Crippen molar-refractivity contribution >= 4 is 0 Å². The highest BCUT2D eigenvalue weighted by molar-refractivity contribution is 5.14. The van der Waals surface area contributed by atoms with Gasteiger partial charge in [0.1, 0.15) is 0 Å². The second kappa shape index (κ2) is 6.58. The number of allylic oxidation sites excluding steroid dienone is 1. The lowest BCUT2D eigenvalue weighted by Crippen LogP contribution is -2.34. The van der Waals surface area contributed by atoms with Crippen LogP contribution in [0.3, 0.4) is 0 Å². The lowest BCUT2D eigenvalue weighted by Gasteiger charge is -2.26. The van der Waals surface area contributed by atoms with Crippen molar-refractivity contribution in [3.63, 3.8) is 0 Å². The zero-order chi connectivity index (χ0) is 12.1. The highest BCUT2D eigenvalue weighted by atomic mass is 14.9. The summed E-state index contributed by atoms with van der Waals surface area (Å²) in [6.07, 6.45) is 15.2. The van der Waals surface area contributed by atoms with Crippen LogP contribution in [-0.2, 0) is 0 Å². The maximum atomic E-state index is 3.62. The number of hydrogen-bond donors (Lipinski definition) is 1. The van der Waals surface area contributed by atoms with Gasteiger partial charge >= 0.3 is 0 Å². The third-order valence-corrected chi connectivity index (χ3v) is 4.92. The molecule has 2 aliphatic rings. The molecule has 0 aromatic rings. The molecular formula is C16H29N. The van der Waals surface area contributed by atoms with Gasteiger partial charge in [-0.05, 0) is 57.4 Å². The van der Waals surface area contributed by atoms with Crippen molar-refractivity contribution in [1.29, 1.82) is 0 Å². The summed E-state index contributed by atoms with van der Waals surface area (Å²) >= 11 is 0. The summed E-state index contributed by atoms with van der Waals surface area (Å²) in [6, 6.07) is 0.685. The van der Waals surface area contributed by atoms with E-state index in [2.05, 4.69) is 25.4 Å². The Labute approximate surface area is 107 Å². The van der Waals surface area contributed by atoms with Crippen LogP contribution in [0.4, 0.5) is 0 Å². The van der Waals surface area contributed by atoms with E-state index in [1.54, 1.807) is 5.57 Å². The third-order valence-electron chi connectivity index (χ3n) is 4.92. The fourth-order valence-electron chi connectivity index (χ4n) is 3.83. The van der Waals surface area contributed by atoms with Gasteiger partial charge in [-0.25, -0.2) is 0 Å². The van der Waals surface area contributed by atoms with E-state index in [-0.39, 0.29) is 0 Å². The number of hydrogen-bond acceptors (Lipinski definition) is 1. The first-order valence-corrected chi connectivity index (χ1v) is 7.71. The molecule has 1 fully saturated rings. The van der Waals surface area contributed by atoms with Gasteiger partial charge in [0, 0.05) is 6.04 Å². The van der Waals surface area contributed by atoms with Crippen LogP contribution in [0.2, 0.25) is 0 Å². The van der Waals surface area contributed by atoms with Gasteiger partial charge in [-0.3, -0.25) is 0 Å². The maximum absolute atomic E-state index is 3.62. The van der Waals surface area contributed by atoms with Crippen LogP contribution < -0.4 is 5.32 Å². The quantitative estimate of drug-likeness (QED) is 0.717. The Morgan fingerprint density at radius 1 is 1.29 bits per heavy atom. The van der Waals surface area contributed by atoms with E-state index in [9.17, 15) is 0 Å². The minimum absolute atomic E-state index is 0.685. The lowest BCUT2D eigenvalue weighted by atomic mass is 9.88. The first-order valence-electron chi connectivity index (χ1n) is 7.71. The van der Waals surface area contributed by atoms with Crippen molar-refractivity contribution in [1.82, 2.24) is 5.32 Å². The predicted octanol–water partition coefficient (Wildman–Crippen LogP) is 4.29. The molecule has 0 spiro atoms. The van der Waals surface area contributed by atoms with E-state index in [0.717, 1.165) is 11.8 Å². The molecule has 3 atom stereocenters. The van der Waals surface area contributed by atoms with Crippen molar-refractivity contribution in [2.75, 3.05) is 7.05 Å². The summed E-state index contributed by atoms with van der Waals surface area (Å²) in [5.41, 5.74) is 1.73. The summed E-state index contributed by atoms with van der Waals surface area (Å²) in [4.78, 5) is 0. The maximum Gasteiger partial charge on any atom is 0.0305 e. The normalized spacial score (nSPS) is 32.0. The van der Waals surface area contributed by atoms with Crippen molar-refractivity contribution in [2.24, 2.45) is 11.8 Å². The first-order chi connectivity index (χ1) is 8.35. The molecule has 0 bridgehead atoms. The Morgan fingerprint density at radius 2 is 2.18 bits per heavy atom. The molecule has 0 amide bonds. The van der Waals surface area contributed by atoms with Crippen molar-refractivity contribution in [3.8, 4) is 0 Å². The average Bonchev–Trinajstić information content (AvgIpc) is 2.66. The van der Waals surface area contributed by atoms with E-state index < -0.39 is 0 Å². The van der Waals surface area contributed by atoms with E-state index in [1.807, 2.05) is 0 Å². The van der Waals surface area contributed by atoms with Crippen molar-refractivity contribution < 1.29 is 0 Å². The molecular weight excluding hydrogens is 206 g/mol. The van der Waals surface area contributed by atoms with Crippen LogP contribution in [0.25, 0.3) is 0 Å². The van der Waals surface area contributed by atoms with Crippen LogP contribution in [0, 0.1) is 11.8 Å². The van der Waals surface area contributed by atoms with Gasteiger partial charge in [0.2, 0.25) is 0 Å². The number of likely N-dealkylation sites (N-methyl/N-ethyl adjacent to an activating group) is 1. The smallest absolute Gasteiger partial charge is 0.0305 e. The fraction of sp³-hybridized carbons (Fsp3) is 0.875. The second-order valence-electron chi connectivity index (χ2n) is 5.99. The molecule has 1 N–H and O–H groups in total. The first kappa shape index (κ1) is 13.1. The molecule has 0 aromatic heterocycles. The molecule has 0 aromatic carbocycles. The highest BCUT2D eigenvalue weighted by Crippen LogP contribution is 2.38. The zero-order valence-electron chi connectivity index (χ0n) is 11.7. The van der Waals surface area contributed by atoms with Crippen molar-refractivity contribution in [2.45, 2.75) is 70.8 Å². The summed E-state index contributed by atoms with van der Waals surface area (Å²) in [7, 11) is 2.16. The molecule has 1 nitrogen and oxygen atoms in total. The van der Waals surface area contributed by atoms with Crippen LogP contribution in [0.15, 0.2) is 11.6 Å². The molecule has 2 rings (SSSR count). The molecule has 1 heteroatoms. The van der Waals surface area contributed by atoms with Crippen LogP contribution >= 0.6 is 0 Å². The van der Waals surface area contributed by atoms with Crippen molar-refractivity contribution in [3.05, 3.63) is 11.6 Å². The van der Waals surface area contributed by atoms with Gasteiger partial charge in [0.15, 0.2) is 0 Å². The summed E-state index contributed by atoms with van der Waals surface area (Å²) in [5.74, 6) is 1.91. The summed E-state index contributed by atoms with van der Waals surface area (Å²) in [5, 5.41) is 3.62. The number of nitrogens with one attached hydrogen (secondary N) is 1. The van der Waals surface area contributed by atoms with Gasteiger partial charge in [0.05, 0.1) is 0 Å². The summed E-state index contributed by atoms with van der Waals surface area (Å²) in [6.45, 7) is 2.35. The van der Waals surface area contributed by atoms with E-state index in [4.69, 9.17) is 0 Å². The fourth-order valence-corrected chi connectivity index (χ4v) is 3.83. The standard InChI is InChI=1S/C16H29N/c1-3-13-10-11-15(12-13)16(17-2)14-8-6-4-5-7-9-14/h8,13,15-17H,3-7,9-12H2,1-2H3. The lowest BCUT2D eigenvalue weighted by molar-refractivity contribution is 0.392. The van der Waals surface area contributed by atoms with E-state index in [0.29, 0.717) is 6.04 Å². The second-order valence-corrected chi connectivity index (χ2v) is 5.99. The molecule has 2 aliphatic carbocycles. The minimum Gasteiger partial charge on any atom is -0.313 e. The largest absolute Gasteiger partial charge is 0.313 e. The molecule has 17 heavy (non-hydrogen) atoms. The van der Waals surface area contributed by atoms with Crippen LogP contribution in [-0.4, -0.2) is 13.1 Å². The molecule has 0 heterocycles. The van der Waals surface area contributed by atoms with E-state index >= 15 is 0 Å². The van der Waals surface area contributed by atoms with Gasteiger partial charge in [-0.1, -0.05) is 37.8 Å². The molecule has 0 saturated heterocycles. The predicted molar refractivity (Wildman–Crippen MR) is 75.1 cm³/mol. The molecule has 98 valence electrons. The molecule has 1 saturated carbocycles. The third kappa shape index (κ3) is 3.34. The van der Waals surface area contributed by atoms with Crippen LogP contribution in [0.5, 0.6) is 0 Å². The van der Waals surface area contributed by atoms with Gasteiger partial charge in [-0.15, -0.1) is 0 Å². The highest BCUT2D eigenvalue weighted by Gasteiger charge is 2.30. The average molecular weight is 235 g/mol. The SMILES string of the molecule is CCC1CCC(C(NC)C2=CCCCCC2)C1.